The van der Waals surface area contributed by atoms with Crippen molar-refractivity contribution in [2.45, 2.75) is 25.0 Å². The Morgan fingerprint density at radius 2 is 2.22 bits per heavy atom. The van der Waals surface area contributed by atoms with Crippen LogP contribution in [0.2, 0.25) is 0 Å². The number of halogens is 1. The van der Waals surface area contributed by atoms with Gasteiger partial charge in [-0.3, -0.25) is 0 Å². The van der Waals surface area contributed by atoms with E-state index in [1.807, 2.05) is 0 Å². The highest BCUT2D eigenvalue weighted by atomic mass is 35.5. The minimum atomic E-state index is 0. The molecule has 3 unspecified atom stereocenters. The highest BCUT2D eigenvalue weighted by Crippen LogP contribution is 2.36. The topological polar surface area (TPSA) is 35.2 Å². The Labute approximate surface area is 61.2 Å². The van der Waals surface area contributed by atoms with E-state index >= 15 is 0 Å². The predicted octanol–water partition coefficient (Wildman–Crippen LogP) is 0.544. The van der Waals surface area contributed by atoms with E-state index < -0.39 is 0 Å². The molecule has 1 aliphatic carbocycles. The van der Waals surface area contributed by atoms with Crippen molar-refractivity contribution in [2.24, 2.45) is 11.7 Å². The van der Waals surface area contributed by atoms with Crippen molar-refractivity contribution in [1.82, 2.24) is 0 Å². The van der Waals surface area contributed by atoms with Crippen molar-refractivity contribution in [2.75, 3.05) is 6.61 Å². The fraction of sp³-hybridized carbons (Fsp3) is 1.00. The molecule has 0 aromatic rings. The Bertz CT molecular complexity index is 109. The molecular formula is C6H12ClNO. The first kappa shape index (κ1) is 7.32. The van der Waals surface area contributed by atoms with E-state index in [9.17, 15) is 0 Å². The summed E-state index contributed by atoms with van der Waals surface area (Å²) in [6, 6.07) is 0.461. The normalized spacial score (nSPS) is 47.0. The van der Waals surface area contributed by atoms with Crippen LogP contribution in [0.1, 0.15) is 12.8 Å². The Morgan fingerprint density at radius 1 is 1.44 bits per heavy atom. The van der Waals surface area contributed by atoms with Crippen molar-refractivity contribution in [3.8, 4) is 0 Å². The molecule has 0 aromatic carbocycles. The summed E-state index contributed by atoms with van der Waals surface area (Å²) in [5, 5.41) is 0. The molecule has 2 rings (SSSR count). The fourth-order valence-electron chi connectivity index (χ4n) is 1.64. The van der Waals surface area contributed by atoms with Gasteiger partial charge in [0.15, 0.2) is 0 Å². The first-order valence-corrected chi connectivity index (χ1v) is 3.25. The molecule has 2 nitrogen and oxygen atoms in total. The second-order valence-corrected chi connectivity index (χ2v) is 2.76. The van der Waals surface area contributed by atoms with Crippen LogP contribution in [0.4, 0.5) is 0 Å². The lowest BCUT2D eigenvalue weighted by Gasteiger charge is -2.35. The van der Waals surface area contributed by atoms with Gasteiger partial charge in [-0.05, 0) is 12.8 Å². The van der Waals surface area contributed by atoms with Gasteiger partial charge in [-0.15, -0.1) is 12.4 Å². The van der Waals surface area contributed by atoms with Gasteiger partial charge in [-0.1, -0.05) is 0 Å². The summed E-state index contributed by atoms with van der Waals surface area (Å²) in [6.45, 7) is 0.947. The monoisotopic (exact) mass is 149 g/mol. The zero-order chi connectivity index (χ0) is 5.56. The minimum Gasteiger partial charge on any atom is -0.378 e. The SMILES string of the molecule is Cl.NC1CC2OCCC12. The molecule has 0 spiro atoms. The molecule has 3 heteroatoms. The van der Waals surface area contributed by atoms with E-state index in [0.717, 1.165) is 18.9 Å². The Morgan fingerprint density at radius 3 is 2.67 bits per heavy atom. The van der Waals surface area contributed by atoms with Gasteiger partial charge in [-0.25, -0.2) is 0 Å². The van der Waals surface area contributed by atoms with Crippen molar-refractivity contribution < 1.29 is 4.74 Å². The first-order chi connectivity index (χ1) is 3.88. The number of rotatable bonds is 0. The van der Waals surface area contributed by atoms with Crippen LogP contribution < -0.4 is 5.73 Å². The summed E-state index contributed by atoms with van der Waals surface area (Å²) in [4.78, 5) is 0. The lowest BCUT2D eigenvalue weighted by atomic mass is 9.77. The highest BCUT2D eigenvalue weighted by Gasteiger charge is 2.42. The molecule has 0 aromatic heterocycles. The molecule has 1 saturated heterocycles. The molecule has 2 N–H and O–H groups in total. The summed E-state index contributed by atoms with van der Waals surface area (Å²) < 4.78 is 5.34. The molecule has 2 aliphatic rings. The number of fused-ring (bicyclic) bond motifs is 1. The van der Waals surface area contributed by atoms with Crippen LogP contribution in [0.3, 0.4) is 0 Å². The van der Waals surface area contributed by atoms with Crippen LogP contribution in [-0.2, 0) is 4.74 Å². The van der Waals surface area contributed by atoms with E-state index in [4.69, 9.17) is 10.5 Å². The molecule has 0 bridgehead atoms. The molecule has 1 aliphatic heterocycles. The number of hydrogen-bond donors (Lipinski definition) is 1. The van der Waals surface area contributed by atoms with Crippen LogP contribution in [0, 0.1) is 5.92 Å². The van der Waals surface area contributed by atoms with E-state index in [-0.39, 0.29) is 12.4 Å². The van der Waals surface area contributed by atoms with Crippen LogP contribution in [0.5, 0.6) is 0 Å². The molecule has 9 heavy (non-hydrogen) atoms. The van der Waals surface area contributed by atoms with Gasteiger partial charge >= 0.3 is 0 Å². The third-order valence-electron chi connectivity index (χ3n) is 2.32. The number of ether oxygens (including phenoxy) is 1. The van der Waals surface area contributed by atoms with E-state index in [0.29, 0.717) is 12.1 Å². The summed E-state index contributed by atoms with van der Waals surface area (Å²) in [7, 11) is 0. The zero-order valence-electron chi connectivity index (χ0n) is 5.25. The largest absolute Gasteiger partial charge is 0.378 e. The van der Waals surface area contributed by atoms with Gasteiger partial charge in [0.2, 0.25) is 0 Å². The second-order valence-electron chi connectivity index (χ2n) is 2.76. The average Bonchev–Trinajstić information content (AvgIpc) is 2.09. The van der Waals surface area contributed by atoms with Gasteiger partial charge in [0.25, 0.3) is 0 Å². The molecule has 1 heterocycles. The van der Waals surface area contributed by atoms with E-state index in [2.05, 4.69) is 0 Å². The Hall–Kier alpha value is 0.210. The highest BCUT2D eigenvalue weighted by molar-refractivity contribution is 5.85. The van der Waals surface area contributed by atoms with Crippen molar-refractivity contribution >= 4 is 12.4 Å². The smallest absolute Gasteiger partial charge is 0.0633 e. The van der Waals surface area contributed by atoms with Crippen LogP contribution >= 0.6 is 12.4 Å². The van der Waals surface area contributed by atoms with Crippen LogP contribution in [0.15, 0.2) is 0 Å². The van der Waals surface area contributed by atoms with Gasteiger partial charge in [-0.2, -0.15) is 0 Å². The Kier molecular flexibility index (Phi) is 1.99. The van der Waals surface area contributed by atoms with Crippen molar-refractivity contribution in [3.05, 3.63) is 0 Å². The van der Waals surface area contributed by atoms with Gasteiger partial charge in [0.1, 0.15) is 0 Å². The fourth-order valence-corrected chi connectivity index (χ4v) is 1.64. The van der Waals surface area contributed by atoms with Crippen molar-refractivity contribution in [1.29, 1.82) is 0 Å². The minimum absolute atomic E-state index is 0. The number of nitrogens with two attached hydrogens (primary N) is 1. The standard InChI is InChI=1S/C6H11NO.ClH/c7-5-3-6-4(5)1-2-8-6;/h4-6H,1-3,7H2;1H. The molecular weight excluding hydrogens is 138 g/mol. The maximum absolute atomic E-state index is 5.68. The molecule has 54 valence electrons. The predicted molar refractivity (Wildman–Crippen MR) is 37.7 cm³/mol. The molecule has 3 atom stereocenters. The maximum atomic E-state index is 5.68. The lowest BCUT2D eigenvalue weighted by molar-refractivity contribution is 0.0191. The third-order valence-corrected chi connectivity index (χ3v) is 2.32. The van der Waals surface area contributed by atoms with E-state index in [1.54, 1.807) is 0 Å². The Balaban J connectivity index is 0.000000405. The van der Waals surface area contributed by atoms with Crippen LogP contribution in [-0.4, -0.2) is 18.8 Å². The molecule has 0 radical (unpaired) electrons. The van der Waals surface area contributed by atoms with Gasteiger partial charge < -0.3 is 10.5 Å². The third kappa shape index (κ3) is 0.955. The lowest BCUT2D eigenvalue weighted by Crippen LogP contribution is -2.48. The van der Waals surface area contributed by atoms with Gasteiger partial charge in [0.05, 0.1) is 6.10 Å². The van der Waals surface area contributed by atoms with Crippen molar-refractivity contribution in [3.63, 3.8) is 0 Å². The molecule has 0 amide bonds. The summed E-state index contributed by atoms with van der Waals surface area (Å²) in [5.41, 5.74) is 5.68. The quantitative estimate of drug-likeness (QED) is 0.546. The molecule has 2 fully saturated rings. The molecule has 1 saturated carbocycles. The zero-order valence-corrected chi connectivity index (χ0v) is 6.06. The second kappa shape index (κ2) is 2.45. The van der Waals surface area contributed by atoms with Gasteiger partial charge in [0, 0.05) is 18.6 Å². The average molecular weight is 150 g/mol. The first-order valence-electron chi connectivity index (χ1n) is 3.25. The summed E-state index contributed by atoms with van der Waals surface area (Å²) in [6.07, 6.45) is 2.85. The maximum Gasteiger partial charge on any atom is 0.0633 e. The van der Waals surface area contributed by atoms with Crippen LogP contribution in [0.25, 0.3) is 0 Å². The number of hydrogen-bond acceptors (Lipinski definition) is 2. The summed E-state index contributed by atoms with van der Waals surface area (Å²) in [5.74, 6) is 0.718. The van der Waals surface area contributed by atoms with E-state index in [1.165, 1.54) is 6.42 Å². The summed E-state index contributed by atoms with van der Waals surface area (Å²) >= 11 is 0.